The largest absolute Gasteiger partial charge is 0.404 e. The summed E-state index contributed by atoms with van der Waals surface area (Å²) in [4.78, 5) is 30.6. The number of hydrogen-bond acceptors (Lipinski definition) is 6. The predicted octanol–water partition coefficient (Wildman–Crippen LogP) is 4.30. The van der Waals surface area contributed by atoms with Crippen molar-refractivity contribution in [2.45, 2.75) is 24.1 Å². The van der Waals surface area contributed by atoms with Crippen LogP contribution in [-0.2, 0) is 9.53 Å². The summed E-state index contributed by atoms with van der Waals surface area (Å²) in [6.45, 7) is 0.352. The molecule has 1 fully saturated rings. The van der Waals surface area contributed by atoms with Crippen molar-refractivity contribution in [3.05, 3.63) is 53.8 Å². The number of ether oxygens (including phenoxy) is 1. The van der Waals surface area contributed by atoms with E-state index in [2.05, 4.69) is 15.6 Å². The van der Waals surface area contributed by atoms with Crippen LogP contribution in [-0.4, -0.2) is 60.3 Å². The summed E-state index contributed by atoms with van der Waals surface area (Å²) >= 11 is 0.955. The molecule has 3 amide bonds. The van der Waals surface area contributed by atoms with Crippen LogP contribution in [0.15, 0.2) is 42.5 Å². The van der Waals surface area contributed by atoms with Gasteiger partial charge in [0, 0.05) is 25.9 Å². The Bertz CT molecular complexity index is 1260. The van der Waals surface area contributed by atoms with Crippen LogP contribution in [0.4, 0.5) is 33.2 Å². The molecule has 2 atom stereocenters. The summed E-state index contributed by atoms with van der Waals surface area (Å²) < 4.78 is 61.1. The molecule has 1 aliphatic heterocycles. The Morgan fingerprint density at radius 3 is 2.56 bits per heavy atom. The van der Waals surface area contributed by atoms with E-state index in [1.165, 1.54) is 49.5 Å². The molecule has 1 unspecified atom stereocenters. The topological polar surface area (TPSA) is 110 Å². The fourth-order valence-electron chi connectivity index (χ4n) is 4.02. The molecule has 36 heavy (non-hydrogen) atoms. The number of carbonyl (C=O) groups excluding carboxylic acids is 2. The van der Waals surface area contributed by atoms with Crippen LogP contribution in [0.5, 0.6) is 0 Å². The number of aromatic nitrogens is 1. The summed E-state index contributed by atoms with van der Waals surface area (Å²) in [6.07, 6.45) is -4.51. The van der Waals surface area contributed by atoms with E-state index in [1.807, 2.05) is 0 Å². The number of hydrogen-bond donors (Lipinski definition) is 3. The number of thiazole rings is 1. The average molecular weight is 526 g/mol. The van der Waals surface area contributed by atoms with Crippen LogP contribution >= 0.6 is 11.3 Å². The maximum Gasteiger partial charge on any atom is 0.404 e. The molecule has 0 spiro atoms. The number of rotatable bonds is 6. The van der Waals surface area contributed by atoms with Crippen LogP contribution in [0.3, 0.4) is 0 Å². The molecule has 192 valence electrons. The quantitative estimate of drug-likeness (QED) is 0.416. The van der Waals surface area contributed by atoms with E-state index in [9.17, 15) is 27.2 Å². The number of anilines is 2. The van der Waals surface area contributed by atoms with E-state index >= 15 is 0 Å². The van der Waals surface area contributed by atoms with Gasteiger partial charge in [-0.25, -0.2) is 14.2 Å². The first-order chi connectivity index (χ1) is 17.0. The summed E-state index contributed by atoms with van der Waals surface area (Å²) in [6, 6.07) is 8.27. The minimum atomic E-state index is -4.85. The van der Waals surface area contributed by atoms with Crippen molar-refractivity contribution in [3.63, 3.8) is 0 Å². The minimum absolute atomic E-state index is 0.0251. The number of nitrogens with two attached hydrogens (primary N) is 1. The number of amides is 3. The zero-order valence-corrected chi connectivity index (χ0v) is 19.9. The van der Waals surface area contributed by atoms with Gasteiger partial charge in [0.1, 0.15) is 5.82 Å². The van der Waals surface area contributed by atoms with Crippen molar-refractivity contribution >= 4 is 44.3 Å². The first-order valence-electron chi connectivity index (χ1n) is 10.9. The third-order valence-electron chi connectivity index (χ3n) is 6.15. The molecule has 1 aliphatic rings. The molecule has 0 bridgehead atoms. The Morgan fingerprint density at radius 2 is 1.94 bits per heavy atom. The van der Waals surface area contributed by atoms with Crippen molar-refractivity contribution in [2.75, 3.05) is 37.4 Å². The van der Waals surface area contributed by atoms with Crippen LogP contribution < -0.4 is 16.4 Å². The molecule has 1 aromatic heterocycles. The monoisotopic (exact) mass is 525 g/mol. The molecule has 0 aliphatic carbocycles. The standard InChI is InChI=1S/C23H23F4N5O3S/c1-32(22(11-28)8-9-35-12-22)19(33)18(23(25,26)27)13-2-7-16-17(10-13)36-21(30-16)31-20(34)29-15-5-3-14(24)4-6-15/h2-7,10,18H,8-9,11-12,28H2,1H3,(H2,29,30,31,34)/t18?,22-/m1/s1. The maximum absolute atomic E-state index is 14.1. The second-order valence-corrected chi connectivity index (χ2v) is 9.47. The number of nitrogens with one attached hydrogen (secondary N) is 2. The molecular formula is C23H23F4N5O3S. The molecule has 4 N–H and O–H groups in total. The van der Waals surface area contributed by atoms with Crippen molar-refractivity contribution in [3.8, 4) is 0 Å². The number of nitrogens with zero attached hydrogens (tertiary/aromatic N) is 2. The van der Waals surface area contributed by atoms with Gasteiger partial charge in [-0.1, -0.05) is 17.4 Å². The highest BCUT2D eigenvalue weighted by Gasteiger charge is 2.51. The third kappa shape index (κ3) is 5.27. The van der Waals surface area contributed by atoms with Crippen LogP contribution in [0.1, 0.15) is 17.9 Å². The van der Waals surface area contributed by atoms with E-state index in [-0.39, 0.29) is 23.8 Å². The van der Waals surface area contributed by atoms with Crippen LogP contribution in [0.2, 0.25) is 0 Å². The highest BCUT2D eigenvalue weighted by molar-refractivity contribution is 7.22. The Labute approximate surface area is 207 Å². The lowest BCUT2D eigenvalue weighted by Gasteiger charge is -2.38. The number of urea groups is 1. The fraction of sp³-hybridized carbons (Fsp3) is 0.348. The molecule has 8 nitrogen and oxygen atoms in total. The zero-order chi connectivity index (χ0) is 26.1. The van der Waals surface area contributed by atoms with Crippen LogP contribution in [0.25, 0.3) is 10.2 Å². The smallest absolute Gasteiger partial charge is 0.379 e. The first-order valence-corrected chi connectivity index (χ1v) is 11.7. The molecule has 2 heterocycles. The van der Waals surface area contributed by atoms with Gasteiger partial charge in [0.2, 0.25) is 5.91 Å². The van der Waals surface area contributed by atoms with E-state index in [4.69, 9.17) is 10.5 Å². The van der Waals surface area contributed by atoms with E-state index in [1.54, 1.807) is 0 Å². The van der Waals surface area contributed by atoms with Gasteiger partial charge in [0.05, 0.1) is 22.4 Å². The van der Waals surface area contributed by atoms with E-state index in [0.29, 0.717) is 28.9 Å². The Kier molecular flexibility index (Phi) is 7.16. The molecule has 0 saturated carbocycles. The first kappa shape index (κ1) is 25.8. The Hall–Kier alpha value is -3.29. The van der Waals surface area contributed by atoms with Gasteiger partial charge < -0.3 is 20.7 Å². The molecule has 4 rings (SSSR count). The number of likely N-dealkylation sites (N-methyl/N-ethyl adjacent to an activating group) is 1. The number of halogens is 4. The third-order valence-corrected chi connectivity index (χ3v) is 7.08. The Balaban J connectivity index is 1.56. The lowest BCUT2D eigenvalue weighted by Crippen LogP contribution is -2.57. The minimum Gasteiger partial charge on any atom is -0.379 e. The number of alkyl halides is 3. The van der Waals surface area contributed by atoms with Gasteiger partial charge in [0.15, 0.2) is 11.0 Å². The second kappa shape index (κ2) is 9.99. The normalized spacial score (nSPS) is 18.7. The number of benzene rings is 2. The van der Waals surface area contributed by atoms with Gasteiger partial charge in [-0.3, -0.25) is 10.1 Å². The maximum atomic E-state index is 14.1. The van der Waals surface area contributed by atoms with Gasteiger partial charge >= 0.3 is 12.2 Å². The fourth-order valence-corrected chi connectivity index (χ4v) is 4.93. The second-order valence-electron chi connectivity index (χ2n) is 8.44. The Morgan fingerprint density at radius 1 is 1.22 bits per heavy atom. The lowest BCUT2D eigenvalue weighted by atomic mass is 9.91. The van der Waals surface area contributed by atoms with Gasteiger partial charge in [-0.15, -0.1) is 0 Å². The summed E-state index contributed by atoms with van der Waals surface area (Å²) in [5.74, 6) is -3.99. The highest BCUT2D eigenvalue weighted by atomic mass is 32.1. The highest BCUT2D eigenvalue weighted by Crippen LogP contribution is 2.40. The molecular weight excluding hydrogens is 502 g/mol. The molecule has 0 radical (unpaired) electrons. The lowest BCUT2D eigenvalue weighted by molar-refractivity contribution is -0.174. The predicted molar refractivity (Wildman–Crippen MR) is 127 cm³/mol. The SMILES string of the molecule is CN(C(=O)C(c1ccc2nc(NC(=O)Nc3ccc(F)cc3)sc2c1)C(F)(F)F)[C@@]1(CN)CCOC1. The van der Waals surface area contributed by atoms with Gasteiger partial charge in [-0.2, -0.15) is 13.2 Å². The van der Waals surface area contributed by atoms with Crippen molar-refractivity contribution in [2.24, 2.45) is 5.73 Å². The van der Waals surface area contributed by atoms with E-state index < -0.39 is 35.4 Å². The van der Waals surface area contributed by atoms with Gasteiger partial charge in [-0.05, 0) is 48.4 Å². The average Bonchev–Trinajstić information content (AvgIpc) is 3.46. The van der Waals surface area contributed by atoms with Crippen LogP contribution in [0, 0.1) is 5.82 Å². The van der Waals surface area contributed by atoms with Crippen molar-refractivity contribution in [1.29, 1.82) is 0 Å². The molecule has 3 aromatic rings. The molecule has 2 aromatic carbocycles. The van der Waals surface area contributed by atoms with E-state index in [0.717, 1.165) is 16.2 Å². The number of fused-ring (bicyclic) bond motifs is 1. The number of carbonyl (C=O) groups is 2. The molecule has 13 heteroatoms. The summed E-state index contributed by atoms with van der Waals surface area (Å²) in [5.41, 5.74) is 5.26. The summed E-state index contributed by atoms with van der Waals surface area (Å²) in [5, 5.41) is 5.15. The molecule has 1 saturated heterocycles. The zero-order valence-electron chi connectivity index (χ0n) is 19.1. The van der Waals surface area contributed by atoms with Gasteiger partial charge in [0.25, 0.3) is 0 Å². The van der Waals surface area contributed by atoms with Crippen molar-refractivity contribution < 1.29 is 31.9 Å². The van der Waals surface area contributed by atoms with Crippen molar-refractivity contribution in [1.82, 2.24) is 9.88 Å². The summed E-state index contributed by atoms with van der Waals surface area (Å²) in [7, 11) is 1.32.